The summed E-state index contributed by atoms with van der Waals surface area (Å²) < 4.78 is 6.41. The highest BCUT2D eigenvalue weighted by Crippen LogP contribution is 2.37. The fraction of sp³-hybridized carbons (Fsp3) is 0.636. The Bertz CT molecular complexity index is 611. The van der Waals surface area contributed by atoms with Crippen molar-refractivity contribution in [3.8, 4) is 0 Å². The minimum Gasteiger partial charge on any atom is -0.394 e. The van der Waals surface area contributed by atoms with Crippen molar-refractivity contribution >= 4 is 5.69 Å². The van der Waals surface area contributed by atoms with Crippen molar-refractivity contribution in [2.75, 3.05) is 12.3 Å². The minimum atomic E-state index is -1.60. The molecule has 1 aromatic rings. The molecule has 9 nitrogen and oxygen atoms in total. The largest absolute Gasteiger partial charge is 0.394 e. The molecule has 6 N–H and O–H groups in total. The first-order valence-electron chi connectivity index (χ1n) is 6.14. The monoisotopic (exact) mass is 287 g/mol. The van der Waals surface area contributed by atoms with E-state index in [1.54, 1.807) is 6.92 Å². The van der Waals surface area contributed by atoms with Crippen molar-refractivity contribution in [2.24, 2.45) is 0 Å². The second-order valence-corrected chi connectivity index (χ2v) is 4.69. The van der Waals surface area contributed by atoms with E-state index in [0.29, 0.717) is 0 Å². The number of rotatable bonds is 3. The lowest BCUT2D eigenvalue weighted by Gasteiger charge is -2.32. The predicted octanol–water partition coefficient (Wildman–Crippen LogP) is -2.71. The first kappa shape index (κ1) is 14.7. The molecule has 0 saturated carbocycles. The second kappa shape index (κ2) is 5.02. The van der Waals surface area contributed by atoms with Gasteiger partial charge in [0.1, 0.15) is 24.0 Å². The van der Waals surface area contributed by atoms with Crippen LogP contribution in [0.3, 0.4) is 0 Å². The van der Waals surface area contributed by atoms with Gasteiger partial charge in [-0.2, -0.15) is 0 Å². The molecule has 0 aliphatic carbocycles. The van der Waals surface area contributed by atoms with E-state index in [1.165, 1.54) is 0 Å². The predicted molar refractivity (Wildman–Crippen MR) is 68.0 cm³/mol. The highest BCUT2D eigenvalue weighted by atomic mass is 16.6. The van der Waals surface area contributed by atoms with Gasteiger partial charge in [-0.05, 0) is 6.42 Å². The number of ether oxygens (including phenoxy) is 1. The van der Waals surface area contributed by atoms with Crippen molar-refractivity contribution in [3.63, 3.8) is 0 Å². The Morgan fingerprint density at radius 2 is 2.15 bits per heavy atom. The zero-order chi connectivity index (χ0) is 15.1. The van der Waals surface area contributed by atoms with Gasteiger partial charge in [-0.1, -0.05) is 6.92 Å². The van der Waals surface area contributed by atoms with E-state index in [0.717, 1.165) is 10.8 Å². The summed E-state index contributed by atoms with van der Waals surface area (Å²) >= 11 is 0. The molecular formula is C11H17N3O6. The van der Waals surface area contributed by atoms with Crippen molar-refractivity contribution in [1.82, 2.24) is 9.55 Å². The molecule has 0 aromatic carbocycles. The zero-order valence-corrected chi connectivity index (χ0v) is 10.8. The third-order valence-electron chi connectivity index (χ3n) is 3.59. The number of nitrogens with two attached hydrogens (primary N) is 1. The molecule has 0 radical (unpaired) electrons. The third-order valence-corrected chi connectivity index (χ3v) is 3.59. The molecule has 4 atom stereocenters. The summed E-state index contributed by atoms with van der Waals surface area (Å²) in [5.74, 6) is 0. The van der Waals surface area contributed by atoms with Gasteiger partial charge in [0.15, 0.2) is 5.72 Å². The molecule has 9 heteroatoms. The fourth-order valence-corrected chi connectivity index (χ4v) is 2.45. The summed E-state index contributed by atoms with van der Waals surface area (Å²) in [6, 6.07) is 0. The van der Waals surface area contributed by atoms with Crippen LogP contribution in [-0.2, 0) is 10.5 Å². The van der Waals surface area contributed by atoms with E-state index >= 15 is 0 Å². The lowest BCUT2D eigenvalue weighted by molar-refractivity contribution is -0.152. The number of H-pyrrole nitrogens is 1. The van der Waals surface area contributed by atoms with E-state index in [9.17, 15) is 19.8 Å². The molecule has 112 valence electrons. The Morgan fingerprint density at radius 3 is 2.65 bits per heavy atom. The zero-order valence-electron chi connectivity index (χ0n) is 10.8. The normalized spacial score (nSPS) is 33.5. The molecule has 0 spiro atoms. The van der Waals surface area contributed by atoms with Gasteiger partial charge in [-0.25, -0.2) is 4.79 Å². The van der Waals surface area contributed by atoms with Crippen LogP contribution < -0.4 is 17.0 Å². The van der Waals surface area contributed by atoms with Gasteiger partial charge in [0.25, 0.3) is 5.56 Å². The molecule has 0 bridgehead atoms. The van der Waals surface area contributed by atoms with Crippen LogP contribution >= 0.6 is 0 Å². The van der Waals surface area contributed by atoms with Crippen LogP contribution in [0.5, 0.6) is 0 Å². The van der Waals surface area contributed by atoms with Crippen LogP contribution in [0.25, 0.3) is 0 Å². The van der Waals surface area contributed by atoms with Gasteiger partial charge < -0.3 is 25.8 Å². The molecule has 20 heavy (non-hydrogen) atoms. The minimum absolute atomic E-state index is 0.118. The third kappa shape index (κ3) is 1.95. The highest BCUT2D eigenvalue weighted by Gasteiger charge is 2.54. The average Bonchev–Trinajstić information content (AvgIpc) is 2.68. The van der Waals surface area contributed by atoms with Crippen LogP contribution in [0.2, 0.25) is 0 Å². The maximum Gasteiger partial charge on any atom is 0.330 e. The standard InChI is InChI=1S/C11H17N3O6/c1-2-11(8(17)7(16)6(4-15)20-11)14-3-5(12)9(18)13-10(14)19/h3,6-8,15-17H,2,4,12H2,1H3,(H,13,18,19)/t6-,7-,8-,11-/m1/s1. The number of nitrogen functional groups attached to an aromatic ring is 1. The Kier molecular flexibility index (Phi) is 3.69. The van der Waals surface area contributed by atoms with Crippen LogP contribution in [0.4, 0.5) is 5.69 Å². The summed E-state index contributed by atoms with van der Waals surface area (Å²) in [5, 5.41) is 29.1. The summed E-state index contributed by atoms with van der Waals surface area (Å²) in [6.45, 7) is 1.11. The molecule has 2 rings (SSSR count). The highest BCUT2D eigenvalue weighted by molar-refractivity contribution is 5.31. The number of hydrogen-bond donors (Lipinski definition) is 5. The average molecular weight is 287 g/mol. The van der Waals surface area contributed by atoms with Crippen LogP contribution in [-0.4, -0.2) is 49.8 Å². The molecular weight excluding hydrogens is 270 g/mol. The van der Waals surface area contributed by atoms with Crippen LogP contribution in [0, 0.1) is 0 Å². The van der Waals surface area contributed by atoms with Gasteiger partial charge in [-0.15, -0.1) is 0 Å². The maximum atomic E-state index is 11.9. The lowest BCUT2D eigenvalue weighted by atomic mass is 10.00. The second-order valence-electron chi connectivity index (χ2n) is 4.69. The fourth-order valence-electron chi connectivity index (χ4n) is 2.45. The van der Waals surface area contributed by atoms with Crippen LogP contribution in [0.1, 0.15) is 13.3 Å². The summed E-state index contributed by atoms with van der Waals surface area (Å²) in [7, 11) is 0. The van der Waals surface area contributed by atoms with Gasteiger partial charge in [-0.3, -0.25) is 14.3 Å². The Hall–Kier alpha value is -1.68. The molecule has 1 aliphatic heterocycles. The molecule has 0 unspecified atom stereocenters. The number of aliphatic hydroxyl groups is 3. The number of hydrogen-bond acceptors (Lipinski definition) is 7. The smallest absolute Gasteiger partial charge is 0.330 e. The summed E-state index contributed by atoms with van der Waals surface area (Å²) in [5.41, 5.74) is 2.07. The first-order valence-corrected chi connectivity index (χ1v) is 6.14. The van der Waals surface area contributed by atoms with Gasteiger partial charge >= 0.3 is 5.69 Å². The molecule has 1 aliphatic rings. The van der Waals surface area contributed by atoms with Crippen molar-refractivity contribution in [2.45, 2.75) is 37.4 Å². The Morgan fingerprint density at radius 1 is 1.50 bits per heavy atom. The number of nitrogens with zero attached hydrogens (tertiary/aromatic N) is 1. The van der Waals surface area contributed by atoms with E-state index in [2.05, 4.69) is 0 Å². The number of nitrogens with one attached hydrogen (secondary N) is 1. The van der Waals surface area contributed by atoms with E-state index in [1.807, 2.05) is 4.98 Å². The van der Waals surface area contributed by atoms with Gasteiger partial charge in [0.2, 0.25) is 0 Å². The van der Waals surface area contributed by atoms with E-state index in [4.69, 9.17) is 15.6 Å². The van der Waals surface area contributed by atoms with E-state index < -0.39 is 41.9 Å². The van der Waals surface area contributed by atoms with Gasteiger partial charge in [0.05, 0.1) is 6.61 Å². The summed E-state index contributed by atoms with van der Waals surface area (Å²) in [6.07, 6.45) is -2.68. The van der Waals surface area contributed by atoms with Crippen molar-refractivity contribution < 1.29 is 20.1 Å². The lowest BCUT2D eigenvalue weighted by Crippen LogP contribution is -2.51. The molecule has 1 aromatic heterocycles. The van der Waals surface area contributed by atoms with Gasteiger partial charge in [0, 0.05) is 6.20 Å². The first-order chi connectivity index (χ1) is 9.37. The number of aliphatic hydroxyl groups excluding tert-OH is 3. The maximum absolute atomic E-state index is 11.9. The topological polar surface area (TPSA) is 151 Å². The number of aromatic nitrogens is 2. The number of aromatic amines is 1. The quantitative estimate of drug-likeness (QED) is 0.405. The Labute approximate surface area is 113 Å². The van der Waals surface area contributed by atoms with E-state index in [-0.39, 0.29) is 12.1 Å². The molecule has 1 fully saturated rings. The summed E-state index contributed by atoms with van der Waals surface area (Å²) in [4.78, 5) is 25.2. The number of anilines is 1. The Balaban J connectivity index is 2.61. The van der Waals surface area contributed by atoms with Crippen LogP contribution in [0.15, 0.2) is 15.8 Å². The van der Waals surface area contributed by atoms with Crippen molar-refractivity contribution in [3.05, 3.63) is 27.0 Å². The molecule has 2 heterocycles. The molecule has 0 amide bonds. The van der Waals surface area contributed by atoms with Crippen molar-refractivity contribution in [1.29, 1.82) is 0 Å². The SMILES string of the molecule is CC[C@@]1(n2cc(N)c(=O)[nH]c2=O)O[C@H](CO)[C@@H](O)[C@H]1O. The molecule has 1 saturated heterocycles.